The summed E-state index contributed by atoms with van der Waals surface area (Å²) in [6.45, 7) is 5.45. The highest BCUT2D eigenvalue weighted by molar-refractivity contribution is 5.83. The Bertz CT molecular complexity index is 1310. The van der Waals surface area contributed by atoms with Crippen molar-refractivity contribution >= 4 is 23.1 Å². The second-order valence-electron chi connectivity index (χ2n) is 9.31. The predicted molar refractivity (Wildman–Crippen MR) is 132 cm³/mol. The van der Waals surface area contributed by atoms with Crippen molar-refractivity contribution in [3.05, 3.63) is 83.7 Å². The van der Waals surface area contributed by atoms with Gasteiger partial charge in [-0.3, -0.25) is 0 Å². The first kappa shape index (κ1) is 24.8. The minimum Gasteiger partial charge on any atom is -0.445 e. The van der Waals surface area contributed by atoms with Gasteiger partial charge in [-0.2, -0.15) is 0 Å². The first-order valence-corrected chi connectivity index (χ1v) is 11.6. The highest BCUT2D eigenvalue weighted by atomic mass is 16.6. The van der Waals surface area contributed by atoms with Crippen molar-refractivity contribution in [3.63, 3.8) is 0 Å². The monoisotopic (exact) mass is 491 g/mol. The van der Waals surface area contributed by atoms with Gasteiger partial charge in [0.25, 0.3) is 5.89 Å². The van der Waals surface area contributed by atoms with E-state index in [1.807, 2.05) is 81.6 Å². The number of hydrogen-bond acceptors (Lipinski definition) is 7. The molecule has 2 amide bonds. The van der Waals surface area contributed by atoms with Crippen LogP contribution in [-0.4, -0.2) is 32.9 Å². The van der Waals surface area contributed by atoms with E-state index in [0.29, 0.717) is 6.42 Å². The van der Waals surface area contributed by atoms with Crippen LogP contribution >= 0.6 is 0 Å². The van der Waals surface area contributed by atoms with Crippen molar-refractivity contribution in [2.24, 2.45) is 0 Å². The van der Waals surface area contributed by atoms with Crippen molar-refractivity contribution in [3.8, 4) is 0 Å². The zero-order valence-electron chi connectivity index (χ0n) is 20.4. The number of alkyl carbamates (subject to hydrolysis) is 2. The van der Waals surface area contributed by atoms with Gasteiger partial charge in [-0.1, -0.05) is 48.5 Å². The van der Waals surface area contributed by atoms with Crippen LogP contribution in [0.1, 0.15) is 49.7 Å². The maximum absolute atomic E-state index is 12.6. The van der Waals surface area contributed by atoms with E-state index >= 15 is 0 Å². The van der Waals surface area contributed by atoms with E-state index in [1.54, 1.807) is 0 Å². The fraction of sp³-hybridized carbons (Fsp3) is 0.308. The van der Waals surface area contributed by atoms with Gasteiger partial charge in [-0.15, -0.1) is 10.2 Å². The van der Waals surface area contributed by atoms with Crippen LogP contribution < -0.4 is 10.6 Å². The van der Waals surface area contributed by atoms with E-state index in [-0.39, 0.29) is 25.0 Å². The Balaban J connectivity index is 1.46. The van der Waals surface area contributed by atoms with Crippen LogP contribution in [0.4, 0.5) is 9.59 Å². The van der Waals surface area contributed by atoms with E-state index in [4.69, 9.17) is 13.9 Å². The van der Waals surface area contributed by atoms with E-state index < -0.39 is 23.8 Å². The normalized spacial score (nSPS) is 12.2. The molecule has 4 rings (SSSR count). The van der Waals surface area contributed by atoms with Crippen LogP contribution in [0, 0.1) is 0 Å². The molecule has 4 aromatic rings. The van der Waals surface area contributed by atoms with Gasteiger partial charge in [0.1, 0.15) is 12.6 Å². The Morgan fingerprint density at radius 2 is 1.69 bits per heavy atom. The molecule has 3 N–H and O–H groups in total. The number of para-hydroxylation sites is 1. The summed E-state index contributed by atoms with van der Waals surface area (Å²) in [5, 5.41) is 14.6. The molecule has 2 heterocycles. The Morgan fingerprint density at radius 1 is 0.972 bits per heavy atom. The van der Waals surface area contributed by atoms with Crippen LogP contribution in [0.15, 0.2) is 65.2 Å². The summed E-state index contributed by atoms with van der Waals surface area (Å²) in [6.07, 6.45) is 1.04. The quantitative estimate of drug-likeness (QED) is 0.323. The van der Waals surface area contributed by atoms with Crippen LogP contribution in [0.25, 0.3) is 10.9 Å². The summed E-state index contributed by atoms with van der Waals surface area (Å²) >= 11 is 0. The van der Waals surface area contributed by atoms with Crippen LogP contribution in [0.3, 0.4) is 0 Å². The second-order valence-corrected chi connectivity index (χ2v) is 9.31. The number of hydrogen-bond donors (Lipinski definition) is 3. The Hall–Kier alpha value is -4.34. The third kappa shape index (κ3) is 6.84. The number of benzene rings is 2. The molecular weight excluding hydrogens is 462 g/mol. The SMILES string of the molecule is CC(C)(C)NC(=O)OCc1nnc([C@H](Cc2c[nH]c3ccccc23)NC(=O)OCc2ccccc2)o1. The molecule has 0 saturated heterocycles. The number of H-pyrrole nitrogens is 1. The van der Waals surface area contributed by atoms with Gasteiger partial charge in [0.15, 0.2) is 6.61 Å². The first-order chi connectivity index (χ1) is 17.3. The summed E-state index contributed by atoms with van der Waals surface area (Å²) < 4.78 is 16.3. The lowest BCUT2D eigenvalue weighted by atomic mass is 10.1. The summed E-state index contributed by atoms with van der Waals surface area (Å²) in [7, 11) is 0. The third-order valence-corrected chi connectivity index (χ3v) is 5.19. The molecule has 10 heteroatoms. The van der Waals surface area contributed by atoms with Gasteiger partial charge in [0, 0.05) is 29.1 Å². The number of carbonyl (C=O) groups is 2. The zero-order chi connectivity index (χ0) is 25.5. The summed E-state index contributed by atoms with van der Waals surface area (Å²) in [5.74, 6) is 0.282. The largest absolute Gasteiger partial charge is 0.445 e. The standard InChI is InChI=1S/C26H29N5O5/c1-26(2,3)29-25(33)35-16-22-30-31-23(36-22)21(13-18-14-27-20-12-8-7-11-19(18)20)28-24(32)34-15-17-9-5-4-6-10-17/h4-12,14,21,27H,13,15-16H2,1-3H3,(H,28,32)(H,29,33)/t21-/m0/s1. The summed E-state index contributed by atoms with van der Waals surface area (Å²) in [5.41, 5.74) is 2.36. The van der Waals surface area contributed by atoms with Gasteiger partial charge in [0.05, 0.1) is 0 Å². The summed E-state index contributed by atoms with van der Waals surface area (Å²) in [6, 6.07) is 16.6. The van der Waals surface area contributed by atoms with E-state index in [1.165, 1.54) is 0 Å². The molecule has 0 fully saturated rings. The predicted octanol–water partition coefficient (Wildman–Crippen LogP) is 4.79. The molecule has 10 nitrogen and oxygen atoms in total. The van der Waals surface area contributed by atoms with Crippen LogP contribution in [-0.2, 0) is 29.1 Å². The molecule has 0 radical (unpaired) electrons. The number of nitrogens with one attached hydrogen (secondary N) is 3. The lowest BCUT2D eigenvalue weighted by Gasteiger charge is -2.19. The lowest BCUT2D eigenvalue weighted by molar-refractivity contribution is 0.119. The molecule has 36 heavy (non-hydrogen) atoms. The van der Waals surface area contributed by atoms with Gasteiger partial charge >= 0.3 is 12.2 Å². The molecule has 0 bridgehead atoms. The van der Waals surface area contributed by atoms with Crippen molar-refractivity contribution < 1.29 is 23.5 Å². The summed E-state index contributed by atoms with van der Waals surface area (Å²) in [4.78, 5) is 27.8. The van der Waals surface area contributed by atoms with Crippen molar-refractivity contribution in [1.29, 1.82) is 0 Å². The smallest absolute Gasteiger partial charge is 0.408 e. The minimum atomic E-state index is -0.669. The van der Waals surface area contributed by atoms with E-state index in [9.17, 15) is 9.59 Å². The topological polar surface area (TPSA) is 131 Å². The van der Waals surface area contributed by atoms with Crippen molar-refractivity contribution in [2.75, 3.05) is 0 Å². The lowest BCUT2D eigenvalue weighted by Crippen LogP contribution is -2.40. The number of nitrogens with zero attached hydrogens (tertiary/aromatic N) is 2. The number of aromatic amines is 1. The van der Waals surface area contributed by atoms with Crippen LogP contribution in [0.5, 0.6) is 0 Å². The Labute approximate surface area is 208 Å². The molecule has 2 aromatic heterocycles. The fourth-order valence-corrected chi connectivity index (χ4v) is 3.56. The number of amides is 2. The first-order valence-electron chi connectivity index (χ1n) is 11.6. The highest BCUT2D eigenvalue weighted by Crippen LogP contribution is 2.24. The molecule has 0 saturated carbocycles. The molecule has 188 valence electrons. The molecule has 2 aromatic carbocycles. The second kappa shape index (κ2) is 10.9. The maximum atomic E-state index is 12.6. The number of rotatable bonds is 8. The van der Waals surface area contributed by atoms with Crippen molar-refractivity contribution in [2.45, 2.75) is 52.0 Å². The molecule has 1 atom stereocenters. The van der Waals surface area contributed by atoms with Gasteiger partial charge < -0.3 is 29.5 Å². The number of ether oxygens (including phenoxy) is 2. The number of aromatic nitrogens is 3. The van der Waals surface area contributed by atoms with Gasteiger partial charge in [-0.05, 0) is 38.0 Å². The Kier molecular flexibility index (Phi) is 7.53. The molecule has 0 aliphatic carbocycles. The third-order valence-electron chi connectivity index (χ3n) is 5.19. The minimum absolute atomic E-state index is 0.109. The maximum Gasteiger partial charge on any atom is 0.408 e. The average Bonchev–Trinajstić information content (AvgIpc) is 3.48. The van der Waals surface area contributed by atoms with Gasteiger partial charge in [0.2, 0.25) is 5.89 Å². The van der Waals surface area contributed by atoms with Gasteiger partial charge in [-0.25, -0.2) is 9.59 Å². The van der Waals surface area contributed by atoms with E-state index in [0.717, 1.165) is 22.0 Å². The van der Waals surface area contributed by atoms with Crippen molar-refractivity contribution in [1.82, 2.24) is 25.8 Å². The number of fused-ring (bicyclic) bond motifs is 1. The number of carbonyl (C=O) groups excluding carboxylic acids is 2. The Morgan fingerprint density at radius 3 is 2.47 bits per heavy atom. The molecular formula is C26H29N5O5. The van der Waals surface area contributed by atoms with E-state index in [2.05, 4.69) is 25.8 Å². The average molecular weight is 492 g/mol. The fourth-order valence-electron chi connectivity index (χ4n) is 3.56. The molecule has 0 spiro atoms. The molecule has 0 unspecified atom stereocenters. The molecule has 0 aliphatic rings. The zero-order valence-corrected chi connectivity index (χ0v) is 20.4. The molecule has 0 aliphatic heterocycles. The highest BCUT2D eigenvalue weighted by Gasteiger charge is 2.24. The van der Waals surface area contributed by atoms with Crippen LogP contribution in [0.2, 0.25) is 0 Å².